The molecule has 1 aromatic carbocycles. The van der Waals surface area contributed by atoms with E-state index in [0.717, 1.165) is 52.5 Å². The molecule has 5 heteroatoms. The fraction of sp³-hybridized carbons (Fsp3) is 0.588. The zero-order valence-electron chi connectivity index (χ0n) is 13.3. The van der Waals surface area contributed by atoms with Gasteiger partial charge < -0.3 is 19.4 Å². The lowest BCUT2D eigenvalue weighted by Crippen LogP contribution is -2.49. The molecule has 1 aromatic rings. The Morgan fingerprint density at radius 1 is 0.955 bits per heavy atom. The Morgan fingerprint density at radius 2 is 1.50 bits per heavy atom. The number of morpholine rings is 1. The highest BCUT2D eigenvalue weighted by Gasteiger charge is 2.23. The summed E-state index contributed by atoms with van der Waals surface area (Å²) in [5.74, 6) is 0.265. The third kappa shape index (κ3) is 3.19. The molecule has 3 rings (SSSR count). The van der Waals surface area contributed by atoms with Crippen LogP contribution in [0.5, 0.6) is 0 Å². The molecule has 0 aliphatic carbocycles. The summed E-state index contributed by atoms with van der Waals surface area (Å²) < 4.78 is 5.46. The summed E-state index contributed by atoms with van der Waals surface area (Å²) in [5.41, 5.74) is 2.58. The monoisotopic (exact) mass is 303 g/mol. The first-order valence-corrected chi connectivity index (χ1v) is 8.24. The van der Waals surface area contributed by atoms with Gasteiger partial charge in [-0.05, 0) is 12.1 Å². The predicted molar refractivity (Wildman–Crippen MR) is 88.6 cm³/mol. The minimum absolute atomic E-state index is 0.265. The number of hydrogen-bond donors (Lipinski definition) is 0. The molecule has 0 atom stereocenters. The Balaban J connectivity index is 1.71. The zero-order chi connectivity index (χ0) is 15.4. The number of benzene rings is 1. The van der Waals surface area contributed by atoms with Crippen LogP contribution in [0.15, 0.2) is 24.3 Å². The number of anilines is 2. The van der Waals surface area contributed by atoms with Crippen molar-refractivity contribution in [3.05, 3.63) is 24.3 Å². The van der Waals surface area contributed by atoms with Crippen LogP contribution in [0.3, 0.4) is 0 Å². The van der Waals surface area contributed by atoms with Gasteiger partial charge >= 0.3 is 0 Å². The fourth-order valence-electron chi connectivity index (χ4n) is 3.22. The van der Waals surface area contributed by atoms with Crippen LogP contribution in [0.4, 0.5) is 11.4 Å². The van der Waals surface area contributed by atoms with E-state index < -0.39 is 0 Å². The number of rotatable bonds is 3. The van der Waals surface area contributed by atoms with Crippen molar-refractivity contribution >= 4 is 17.3 Å². The van der Waals surface area contributed by atoms with Crippen molar-refractivity contribution in [1.82, 2.24) is 4.90 Å². The molecule has 2 fully saturated rings. The number of piperazine rings is 1. The van der Waals surface area contributed by atoms with E-state index in [2.05, 4.69) is 34.1 Å². The Labute approximate surface area is 132 Å². The number of para-hydroxylation sites is 2. The molecule has 2 aliphatic heterocycles. The van der Waals surface area contributed by atoms with Crippen LogP contribution in [-0.4, -0.2) is 63.3 Å². The molecule has 0 saturated carbocycles. The molecule has 5 nitrogen and oxygen atoms in total. The summed E-state index contributed by atoms with van der Waals surface area (Å²) in [6, 6.07) is 8.60. The second-order valence-electron chi connectivity index (χ2n) is 5.81. The van der Waals surface area contributed by atoms with Crippen LogP contribution < -0.4 is 9.80 Å². The van der Waals surface area contributed by atoms with Crippen LogP contribution >= 0.6 is 0 Å². The summed E-state index contributed by atoms with van der Waals surface area (Å²) in [6.07, 6.45) is 0.602. The van der Waals surface area contributed by atoms with Crippen LogP contribution in [0, 0.1) is 0 Å². The summed E-state index contributed by atoms with van der Waals surface area (Å²) in [7, 11) is 0. The van der Waals surface area contributed by atoms with Gasteiger partial charge in [-0.15, -0.1) is 0 Å². The van der Waals surface area contributed by atoms with Crippen molar-refractivity contribution in [2.45, 2.75) is 13.3 Å². The maximum absolute atomic E-state index is 11.8. The van der Waals surface area contributed by atoms with Gasteiger partial charge in [0.25, 0.3) is 0 Å². The Morgan fingerprint density at radius 3 is 2.05 bits per heavy atom. The van der Waals surface area contributed by atoms with Crippen molar-refractivity contribution in [2.24, 2.45) is 0 Å². The lowest BCUT2D eigenvalue weighted by atomic mass is 10.2. The fourth-order valence-corrected chi connectivity index (χ4v) is 3.22. The molecule has 120 valence electrons. The second-order valence-corrected chi connectivity index (χ2v) is 5.81. The van der Waals surface area contributed by atoms with Gasteiger partial charge in [0.2, 0.25) is 5.91 Å². The standard InChI is InChI=1S/C17H25N3O2/c1-2-17(21)20-9-7-18(8-10-20)15-5-3-4-6-16(15)19-11-13-22-14-12-19/h3-6H,2,7-14H2,1H3. The average Bonchev–Trinajstić information content (AvgIpc) is 2.62. The van der Waals surface area contributed by atoms with Gasteiger partial charge in [-0.25, -0.2) is 0 Å². The number of ether oxygens (including phenoxy) is 1. The topological polar surface area (TPSA) is 36.0 Å². The maximum atomic E-state index is 11.8. The Bertz CT molecular complexity index is 506. The lowest BCUT2D eigenvalue weighted by Gasteiger charge is -2.39. The first kappa shape index (κ1) is 15.2. The van der Waals surface area contributed by atoms with E-state index in [1.807, 2.05) is 11.8 Å². The van der Waals surface area contributed by atoms with E-state index in [-0.39, 0.29) is 5.91 Å². The molecule has 2 saturated heterocycles. The minimum atomic E-state index is 0.265. The Kier molecular flexibility index (Phi) is 4.83. The van der Waals surface area contributed by atoms with Crippen molar-refractivity contribution in [3.8, 4) is 0 Å². The molecule has 22 heavy (non-hydrogen) atoms. The van der Waals surface area contributed by atoms with E-state index in [0.29, 0.717) is 6.42 Å². The highest BCUT2D eigenvalue weighted by molar-refractivity contribution is 5.77. The molecule has 2 heterocycles. The van der Waals surface area contributed by atoms with Gasteiger partial charge in [-0.3, -0.25) is 4.79 Å². The normalized spacial score (nSPS) is 19.4. The molecular formula is C17H25N3O2. The van der Waals surface area contributed by atoms with Gasteiger partial charge in [0.05, 0.1) is 24.6 Å². The molecular weight excluding hydrogens is 278 g/mol. The summed E-state index contributed by atoms with van der Waals surface area (Å²) >= 11 is 0. The highest BCUT2D eigenvalue weighted by atomic mass is 16.5. The van der Waals surface area contributed by atoms with E-state index >= 15 is 0 Å². The zero-order valence-corrected chi connectivity index (χ0v) is 13.3. The second kappa shape index (κ2) is 7.01. The van der Waals surface area contributed by atoms with Crippen molar-refractivity contribution < 1.29 is 9.53 Å². The molecule has 2 aliphatic rings. The third-order valence-electron chi connectivity index (χ3n) is 4.51. The summed E-state index contributed by atoms with van der Waals surface area (Å²) in [6.45, 7) is 8.90. The molecule has 0 N–H and O–H groups in total. The molecule has 0 unspecified atom stereocenters. The first-order valence-electron chi connectivity index (χ1n) is 8.24. The predicted octanol–water partition coefficient (Wildman–Crippen LogP) is 1.58. The molecule has 0 aromatic heterocycles. The highest BCUT2D eigenvalue weighted by Crippen LogP contribution is 2.30. The van der Waals surface area contributed by atoms with E-state index in [4.69, 9.17) is 4.74 Å². The average molecular weight is 303 g/mol. The summed E-state index contributed by atoms with van der Waals surface area (Å²) in [4.78, 5) is 18.6. The molecule has 0 radical (unpaired) electrons. The molecule has 0 bridgehead atoms. The van der Waals surface area contributed by atoms with Crippen molar-refractivity contribution in [1.29, 1.82) is 0 Å². The van der Waals surface area contributed by atoms with Crippen LogP contribution in [-0.2, 0) is 9.53 Å². The van der Waals surface area contributed by atoms with E-state index in [9.17, 15) is 4.79 Å². The van der Waals surface area contributed by atoms with Crippen molar-refractivity contribution in [2.75, 3.05) is 62.3 Å². The van der Waals surface area contributed by atoms with Crippen LogP contribution in [0.1, 0.15) is 13.3 Å². The smallest absolute Gasteiger partial charge is 0.222 e. The molecule has 0 spiro atoms. The number of amides is 1. The van der Waals surface area contributed by atoms with Gasteiger partial charge in [0.15, 0.2) is 0 Å². The van der Waals surface area contributed by atoms with Crippen LogP contribution in [0.25, 0.3) is 0 Å². The minimum Gasteiger partial charge on any atom is -0.378 e. The quantitative estimate of drug-likeness (QED) is 0.849. The van der Waals surface area contributed by atoms with Gasteiger partial charge in [-0.1, -0.05) is 19.1 Å². The van der Waals surface area contributed by atoms with Crippen LogP contribution in [0.2, 0.25) is 0 Å². The summed E-state index contributed by atoms with van der Waals surface area (Å²) in [5, 5.41) is 0. The first-order chi connectivity index (χ1) is 10.8. The third-order valence-corrected chi connectivity index (χ3v) is 4.51. The Hall–Kier alpha value is -1.75. The SMILES string of the molecule is CCC(=O)N1CCN(c2ccccc2N2CCOCC2)CC1. The van der Waals surface area contributed by atoms with Gasteiger partial charge in [0.1, 0.15) is 0 Å². The lowest BCUT2D eigenvalue weighted by molar-refractivity contribution is -0.131. The number of carbonyl (C=O) groups is 1. The maximum Gasteiger partial charge on any atom is 0.222 e. The largest absolute Gasteiger partial charge is 0.378 e. The van der Waals surface area contributed by atoms with Gasteiger partial charge in [-0.2, -0.15) is 0 Å². The van der Waals surface area contributed by atoms with E-state index in [1.165, 1.54) is 11.4 Å². The van der Waals surface area contributed by atoms with Crippen molar-refractivity contribution in [3.63, 3.8) is 0 Å². The number of carbonyl (C=O) groups excluding carboxylic acids is 1. The number of nitrogens with zero attached hydrogens (tertiary/aromatic N) is 3. The van der Waals surface area contributed by atoms with E-state index in [1.54, 1.807) is 0 Å². The molecule has 1 amide bonds. The van der Waals surface area contributed by atoms with Gasteiger partial charge in [0, 0.05) is 45.7 Å². The number of hydrogen-bond acceptors (Lipinski definition) is 4.